The second kappa shape index (κ2) is 7.49. The number of carbonyl (C=O) groups is 1. The summed E-state index contributed by atoms with van der Waals surface area (Å²) >= 11 is 0. The van der Waals surface area contributed by atoms with Crippen molar-refractivity contribution >= 4 is 5.91 Å². The predicted octanol–water partition coefficient (Wildman–Crippen LogP) is 2.68. The Kier molecular flexibility index (Phi) is 5.64. The van der Waals surface area contributed by atoms with Gasteiger partial charge in [0.25, 0.3) is 0 Å². The van der Waals surface area contributed by atoms with Gasteiger partial charge in [0.1, 0.15) is 0 Å². The van der Waals surface area contributed by atoms with Crippen molar-refractivity contribution in [3.63, 3.8) is 0 Å². The van der Waals surface area contributed by atoms with Crippen LogP contribution in [0.4, 0.5) is 0 Å². The second-order valence-corrected chi connectivity index (χ2v) is 6.58. The molecule has 0 bridgehead atoms. The Morgan fingerprint density at radius 2 is 2.13 bits per heavy atom. The van der Waals surface area contributed by atoms with Gasteiger partial charge in [0.2, 0.25) is 5.91 Å². The van der Waals surface area contributed by atoms with E-state index in [0.717, 1.165) is 36.2 Å². The first-order valence-corrected chi connectivity index (χ1v) is 8.29. The van der Waals surface area contributed by atoms with E-state index >= 15 is 0 Å². The summed E-state index contributed by atoms with van der Waals surface area (Å²) < 4.78 is 2.13. The molecule has 5 heteroatoms. The zero-order valence-corrected chi connectivity index (χ0v) is 14.8. The van der Waals surface area contributed by atoms with Gasteiger partial charge in [-0.15, -0.1) is 0 Å². The topological polar surface area (TPSA) is 62.7 Å². The van der Waals surface area contributed by atoms with Crippen LogP contribution >= 0.6 is 0 Å². The average molecular weight is 316 g/mol. The first-order chi connectivity index (χ1) is 10.9. The zero-order valence-electron chi connectivity index (χ0n) is 14.8. The molecule has 1 amide bonds. The predicted molar refractivity (Wildman–Crippen MR) is 92.3 cm³/mol. The SMILES string of the molecule is Cc1n[nH]c(C)c1CC(C)C(=O)NC(C)CCc1cccn1C. The molecule has 2 N–H and O–H groups in total. The summed E-state index contributed by atoms with van der Waals surface area (Å²) in [5.41, 5.74) is 4.49. The highest BCUT2D eigenvalue weighted by atomic mass is 16.1. The Labute approximate surface area is 138 Å². The summed E-state index contributed by atoms with van der Waals surface area (Å²) in [4.78, 5) is 12.4. The van der Waals surface area contributed by atoms with Crippen LogP contribution in [0.1, 0.15) is 42.9 Å². The van der Waals surface area contributed by atoms with Crippen LogP contribution in [-0.2, 0) is 24.7 Å². The van der Waals surface area contributed by atoms with Crippen LogP contribution in [-0.4, -0.2) is 26.7 Å². The van der Waals surface area contributed by atoms with Crippen molar-refractivity contribution in [1.82, 2.24) is 20.1 Å². The Balaban J connectivity index is 1.82. The molecule has 5 nitrogen and oxygen atoms in total. The van der Waals surface area contributed by atoms with E-state index in [2.05, 4.69) is 52.4 Å². The molecule has 0 spiro atoms. The smallest absolute Gasteiger partial charge is 0.223 e. The highest BCUT2D eigenvalue weighted by Gasteiger charge is 2.19. The molecule has 2 heterocycles. The monoisotopic (exact) mass is 316 g/mol. The molecule has 0 saturated heterocycles. The molecule has 0 radical (unpaired) electrons. The van der Waals surface area contributed by atoms with Crippen molar-refractivity contribution in [3.05, 3.63) is 41.0 Å². The number of hydrogen-bond acceptors (Lipinski definition) is 2. The molecule has 2 unspecified atom stereocenters. The number of amides is 1. The van der Waals surface area contributed by atoms with E-state index in [1.54, 1.807) is 0 Å². The lowest BCUT2D eigenvalue weighted by molar-refractivity contribution is -0.125. The van der Waals surface area contributed by atoms with Crippen molar-refractivity contribution in [1.29, 1.82) is 0 Å². The van der Waals surface area contributed by atoms with Gasteiger partial charge in [0, 0.05) is 36.6 Å². The Morgan fingerprint density at radius 1 is 1.39 bits per heavy atom. The maximum absolute atomic E-state index is 12.4. The third-order valence-corrected chi connectivity index (χ3v) is 4.51. The van der Waals surface area contributed by atoms with Crippen LogP contribution in [0.15, 0.2) is 18.3 Å². The van der Waals surface area contributed by atoms with E-state index in [4.69, 9.17) is 0 Å². The van der Waals surface area contributed by atoms with Crippen LogP contribution in [0.25, 0.3) is 0 Å². The molecule has 2 rings (SSSR count). The van der Waals surface area contributed by atoms with E-state index in [1.807, 2.05) is 20.8 Å². The largest absolute Gasteiger partial charge is 0.354 e. The summed E-state index contributed by atoms with van der Waals surface area (Å²) in [6.45, 7) is 8.03. The summed E-state index contributed by atoms with van der Waals surface area (Å²) in [7, 11) is 2.05. The van der Waals surface area contributed by atoms with Gasteiger partial charge in [0.15, 0.2) is 0 Å². The number of nitrogens with one attached hydrogen (secondary N) is 2. The van der Waals surface area contributed by atoms with E-state index in [1.165, 1.54) is 5.69 Å². The molecular weight excluding hydrogens is 288 g/mol. The lowest BCUT2D eigenvalue weighted by atomic mass is 9.98. The molecule has 126 valence electrons. The van der Waals surface area contributed by atoms with Gasteiger partial charge >= 0.3 is 0 Å². The number of aromatic amines is 1. The van der Waals surface area contributed by atoms with E-state index in [9.17, 15) is 4.79 Å². The van der Waals surface area contributed by atoms with Gasteiger partial charge in [0.05, 0.1) is 5.69 Å². The highest BCUT2D eigenvalue weighted by Crippen LogP contribution is 2.15. The minimum atomic E-state index is -0.0533. The van der Waals surface area contributed by atoms with Crippen LogP contribution in [0.2, 0.25) is 0 Å². The molecule has 0 aliphatic rings. The lowest BCUT2D eigenvalue weighted by Gasteiger charge is -2.18. The van der Waals surface area contributed by atoms with Crippen molar-refractivity contribution in [2.45, 2.75) is 53.0 Å². The Morgan fingerprint density at radius 3 is 2.70 bits per heavy atom. The van der Waals surface area contributed by atoms with Gasteiger partial charge in [-0.25, -0.2) is 0 Å². The number of aryl methyl sites for hydroxylation is 4. The highest BCUT2D eigenvalue weighted by molar-refractivity contribution is 5.78. The van der Waals surface area contributed by atoms with Crippen molar-refractivity contribution in [2.24, 2.45) is 13.0 Å². The number of hydrogen-bond donors (Lipinski definition) is 2. The van der Waals surface area contributed by atoms with E-state index < -0.39 is 0 Å². The van der Waals surface area contributed by atoms with Gasteiger partial charge in [-0.3, -0.25) is 9.89 Å². The maximum atomic E-state index is 12.4. The molecule has 23 heavy (non-hydrogen) atoms. The standard InChI is InChI=1S/C18H28N4O/c1-12(11-17-14(3)20-21-15(17)4)18(23)19-13(2)8-9-16-7-6-10-22(16)5/h6-7,10,12-13H,8-9,11H2,1-5H3,(H,19,23)(H,20,21). The number of rotatable bonds is 7. The molecule has 0 fully saturated rings. The van der Waals surface area contributed by atoms with Gasteiger partial charge < -0.3 is 9.88 Å². The first-order valence-electron chi connectivity index (χ1n) is 8.29. The van der Waals surface area contributed by atoms with Gasteiger partial charge in [-0.05, 0) is 57.7 Å². The molecule has 2 aromatic heterocycles. The fraction of sp³-hybridized carbons (Fsp3) is 0.556. The van der Waals surface area contributed by atoms with Crippen molar-refractivity contribution in [3.8, 4) is 0 Å². The van der Waals surface area contributed by atoms with E-state index in [-0.39, 0.29) is 17.9 Å². The first kappa shape index (κ1) is 17.3. The van der Waals surface area contributed by atoms with Crippen molar-refractivity contribution in [2.75, 3.05) is 0 Å². The summed E-state index contributed by atoms with van der Waals surface area (Å²) in [5.74, 6) is 0.0619. The average Bonchev–Trinajstić information content (AvgIpc) is 3.05. The second-order valence-electron chi connectivity index (χ2n) is 6.58. The molecule has 0 aromatic carbocycles. The zero-order chi connectivity index (χ0) is 17.0. The summed E-state index contributed by atoms with van der Waals surface area (Å²) in [5, 5.41) is 10.3. The minimum Gasteiger partial charge on any atom is -0.354 e. The number of H-pyrrole nitrogens is 1. The Bertz CT molecular complexity index is 636. The maximum Gasteiger partial charge on any atom is 0.223 e. The van der Waals surface area contributed by atoms with Gasteiger partial charge in [-0.2, -0.15) is 5.10 Å². The fourth-order valence-corrected chi connectivity index (χ4v) is 2.85. The Hall–Kier alpha value is -2.04. The van der Waals surface area contributed by atoms with Crippen LogP contribution in [0.5, 0.6) is 0 Å². The molecule has 0 saturated carbocycles. The summed E-state index contributed by atoms with van der Waals surface area (Å²) in [6.07, 6.45) is 4.69. The molecule has 2 atom stereocenters. The lowest BCUT2D eigenvalue weighted by Crippen LogP contribution is -2.37. The quantitative estimate of drug-likeness (QED) is 0.825. The summed E-state index contributed by atoms with van der Waals surface area (Å²) in [6, 6.07) is 4.35. The molecule has 0 aliphatic heterocycles. The van der Waals surface area contributed by atoms with E-state index in [0.29, 0.717) is 0 Å². The van der Waals surface area contributed by atoms with Crippen LogP contribution in [0, 0.1) is 19.8 Å². The molecule has 2 aromatic rings. The fourth-order valence-electron chi connectivity index (χ4n) is 2.85. The normalized spacial score (nSPS) is 13.8. The number of aromatic nitrogens is 3. The number of carbonyl (C=O) groups excluding carboxylic acids is 1. The third-order valence-electron chi connectivity index (χ3n) is 4.51. The third kappa shape index (κ3) is 4.47. The minimum absolute atomic E-state index is 0.0533. The molecule has 0 aliphatic carbocycles. The van der Waals surface area contributed by atoms with Crippen LogP contribution < -0.4 is 5.32 Å². The number of nitrogens with zero attached hydrogens (tertiary/aromatic N) is 2. The van der Waals surface area contributed by atoms with Crippen molar-refractivity contribution < 1.29 is 4.79 Å². The van der Waals surface area contributed by atoms with Gasteiger partial charge in [-0.1, -0.05) is 6.92 Å². The molecular formula is C18H28N4O. The van der Waals surface area contributed by atoms with Crippen LogP contribution in [0.3, 0.4) is 0 Å².